The van der Waals surface area contributed by atoms with Gasteiger partial charge >= 0.3 is 0 Å². The van der Waals surface area contributed by atoms with Gasteiger partial charge in [-0.15, -0.1) is 0 Å². The van der Waals surface area contributed by atoms with E-state index in [0.29, 0.717) is 6.61 Å². The number of carbonyl (C=O) groups excluding carboxylic acids is 1. The Labute approximate surface area is 99.9 Å². The van der Waals surface area contributed by atoms with E-state index in [0.717, 1.165) is 0 Å². The maximum Gasteiger partial charge on any atom is 0.217 e. The summed E-state index contributed by atoms with van der Waals surface area (Å²) in [6, 6.07) is -0.625. The monoisotopic (exact) mass is 245 g/mol. The Kier molecular flexibility index (Phi) is 3.67. The Balaban J connectivity index is 2.20. The highest BCUT2D eigenvalue weighted by Crippen LogP contribution is 2.35. The van der Waals surface area contributed by atoms with Crippen molar-refractivity contribution in [2.45, 2.75) is 38.4 Å². The van der Waals surface area contributed by atoms with Crippen molar-refractivity contribution in [1.29, 1.82) is 0 Å². The fraction of sp³-hybridized carbons (Fsp3) is 0.909. The fourth-order valence-electron chi connectivity index (χ4n) is 2.71. The fourth-order valence-corrected chi connectivity index (χ4v) is 2.71. The van der Waals surface area contributed by atoms with Crippen LogP contribution in [0.25, 0.3) is 0 Å². The number of fused-ring (bicyclic) bond motifs is 1. The summed E-state index contributed by atoms with van der Waals surface area (Å²) in [5, 5.41) is 22.4. The van der Waals surface area contributed by atoms with Gasteiger partial charge in [-0.25, -0.2) is 0 Å². The van der Waals surface area contributed by atoms with E-state index in [9.17, 15) is 15.0 Å². The summed E-state index contributed by atoms with van der Waals surface area (Å²) < 4.78 is 10.7. The van der Waals surface area contributed by atoms with Crippen LogP contribution in [0.15, 0.2) is 0 Å². The van der Waals surface area contributed by atoms with Crippen molar-refractivity contribution in [3.8, 4) is 0 Å². The normalized spacial score (nSPS) is 46.1. The minimum absolute atomic E-state index is 0.0616. The maximum atomic E-state index is 11.1. The van der Waals surface area contributed by atoms with Crippen molar-refractivity contribution in [3.05, 3.63) is 0 Å². The van der Waals surface area contributed by atoms with Crippen LogP contribution in [0.4, 0.5) is 0 Å². The van der Waals surface area contributed by atoms with Gasteiger partial charge in [0, 0.05) is 12.8 Å². The summed E-state index contributed by atoms with van der Waals surface area (Å²) in [5.74, 6) is -0.194. The zero-order chi connectivity index (χ0) is 12.6. The molecule has 2 aliphatic heterocycles. The molecule has 0 bridgehead atoms. The number of hydrogen-bond acceptors (Lipinski definition) is 5. The van der Waals surface area contributed by atoms with Gasteiger partial charge in [-0.05, 0) is 5.92 Å². The van der Waals surface area contributed by atoms with Crippen LogP contribution in [0.3, 0.4) is 0 Å². The number of ether oxygens (including phenoxy) is 2. The maximum absolute atomic E-state index is 11.1. The standard InChI is InChI=1S/C11H19NO5/c1-5-3-16-10-8(5)7(14)4-17-11(15)9(10)12-6(2)13/h5,7-11,14-15H,3-4H2,1-2H3,(H,12,13)/t5?,7?,8?,9?,10?,11-/m1/s1. The molecule has 6 nitrogen and oxygen atoms in total. The van der Waals surface area contributed by atoms with E-state index < -0.39 is 24.5 Å². The van der Waals surface area contributed by atoms with E-state index in [1.54, 1.807) is 0 Å². The number of rotatable bonds is 1. The van der Waals surface area contributed by atoms with Crippen molar-refractivity contribution in [3.63, 3.8) is 0 Å². The Hall–Kier alpha value is -0.690. The molecule has 1 amide bonds. The lowest BCUT2D eigenvalue weighted by molar-refractivity contribution is -0.146. The molecule has 6 heteroatoms. The van der Waals surface area contributed by atoms with Gasteiger partial charge in [0.05, 0.1) is 25.4 Å². The van der Waals surface area contributed by atoms with E-state index in [4.69, 9.17) is 9.47 Å². The van der Waals surface area contributed by atoms with Crippen LogP contribution in [-0.4, -0.2) is 53.9 Å². The predicted molar refractivity (Wildman–Crippen MR) is 58.0 cm³/mol. The first-order valence-electron chi connectivity index (χ1n) is 5.87. The van der Waals surface area contributed by atoms with Crippen molar-refractivity contribution in [2.24, 2.45) is 11.8 Å². The zero-order valence-corrected chi connectivity index (χ0v) is 10.00. The Morgan fingerprint density at radius 2 is 2.00 bits per heavy atom. The van der Waals surface area contributed by atoms with Gasteiger partial charge in [0.25, 0.3) is 0 Å². The van der Waals surface area contributed by atoms with Crippen LogP contribution in [0.2, 0.25) is 0 Å². The molecule has 2 rings (SSSR count). The minimum atomic E-state index is -1.14. The second-order valence-corrected chi connectivity index (χ2v) is 4.87. The van der Waals surface area contributed by atoms with E-state index >= 15 is 0 Å². The average Bonchev–Trinajstić information content (AvgIpc) is 2.58. The Morgan fingerprint density at radius 3 is 2.65 bits per heavy atom. The molecule has 0 aromatic rings. The van der Waals surface area contributed by atoms with Gasteiger partial charge < -0.3 is 25.0 Å². The van der Waals surface area contributed by atoms with Crippen LogP contribution in [0.1, 0.15) is 13.8 Å². The molecule has 2 aliphatic rings. The van der Waals surface area contributed by atoms with Crippen LogP contribution in [-0.2, 0) is 14.3 Å². The number of nitrogens with one attached hydrogen (secondary N) is 1. The van der Waals surface area contributed by atoms with Crippen molar-refractivity contribution in [2.75, 3.05) is 13.2 Å². The lowest BCUT2D eigenvalue weighted by Gasteiger charge is -2.29. The smallest absolute Gasteiger partial charge is 0.217 e. The highest BCUT2D eigenvalue weighted by Gasteiger charge is 2.48. The zero-order valence-electron chi connectivity index (χ0n) is 10.00. The first kappa shape index (κ1) is 12.8. The van der Waals surface area contributed by atoms with E-state index in [1.165, 1.54) is 6.92 Å². The van der Waals surface area contributed by atoms with Gasteiger partial charge in [0.15, 0.2) is 6.29 Å². The van der Waals surface area contributed by atoms with Crippen LogP contribution in [0.5, 0.6) is 0 Å². The molecule has 0 saturated carbocycles. The topological polar surface area (TPSA) is 88.0 Å². The molecule has 0 aliphatic carbocycles. The van der Waals surface area contributed by atoms with Gasteiger partial charge in [-0.1, -0.05) is 6.92 Å². The number of aliphatic hydroxyl groups excluding tert-OH is 2. The third-order valence-corrected chi connectivity index (χ3v) is 3.50. The first-order chi connectivity index (χ1) is 8.00. The molecule has 0 spiro atoms. The number of aliphatic hydroxyl groups is 2. The number of amides is 1. The van der Waals surface area contributed by atoms with Crippen molar-refractivity contribution >= 4 is 5.91 Å². The van der Waals surface area contributed by atoms with Gasteiger partial charge in [0.2, 0.25) is 5.91 Å². The Morgan fingerprint density at radius 1 is 1.29 bits per heavy atom. The molecule has 0 aromatic carbocycles. The quantitative estimate of drug-likeness (QED) is 0.543. The highest BCUT2D eigenvalue weighted by molar-refractivity contribution is 5.73. The predicted octanol–water partition coefficient (Wildman–Crippen LogP) is -1.15. The van der Waals surface area contributed by atoms with Crippen LogP contribution >= 0.6 is 0 Å². The second kappa shape index (κ2) is 4.89. The lowest BCUT2D eigenvalue weighted by atomic mass is 9.85. The Bertz CT molecular complexity index is 298. The van der Waals surface area contributed by atoms with Gasteiger partial charge in [-0.2, -0.15) is 0 Å². The molecular weight excluding hydrogens is 226 g/mol. The second-order valence-electron chi connectivity index (χ2n) is 4.87. The first-order valence-corrected chi connectivity index (χ1v) is 5.87. The van der Waals surface area contributed by atoms with Crippen molar-refractivity contribution < 1.29 is 24.5 Å². The summed E-state index contributed by atoms with van der Waals surface area (Å²) in [7, 11) is 0. The molecule has 0 aromatic heterocycles. The molecular formula is C11H19NO5. The number of carbonyl (C=O) groups is 1. The highest BCUT2D eigenvalue weighted by atomic mass is 16.6. The summed E-state index contributed by atoms with van der Waals surface area (Å²) in [5.41, 5.74) is 0. The largest absolute Gasteiger partial charge is 0.390 e. The van der Waals surface area contributed by atoms with E-state index in [1.807, 2.05) is 6.92 Å². The molecule has 98 valence electrons. The van der Waals surface area contributed by atoms with E-state index in [-0.39, 0.29) is 24.3 Å². The summed E-state index contributed by atoms with van der Waals surface area (Å²) in [4.78, 5) is 11.1. The summed E-state index contributed by atoms with van der Waals surface area (Å²) in [6.07, 6.45) is -2.22. The molecule has 2 fully saturated rings. The van der Waals surface area contributed by atoms with Crippen LogP contribution < -0.4 is 5.32 Å². The average molecular weight is 245 g/mol. The molecule has 2 heterocycles. The minimum Gasteiger partial charge on any atom is -0.390 e. The third kappa shape index (κ3) is 2.44. The van der Waals surface area contributed by atoms with Crippen LogP contribution in [0, 0.1) is 11.8 Å². The third-order valence-electron chi connectivity index (χ3n) is 3.50. The number of hydrogen-bond donors (Lipinski definition) is 3. The molecule has 2 saturated heterocycles. The molecule has 6 atom stereocenters. The SMILES string of the molecule is CC(=O)NC1C2OCC(C)C2C(O)CO[C@H]1O. The summed E-state index contributed by atoms with van der Waals surface area (Å²) in [6.45, 7) is 3.94. The lowest BCUT2D eigenvalue weighted by Crippen LogP contribution is -2.52. The molecule has 5 unspecified atom stereocenters. The molecule has 17 heavy (non-hydrogen) atoms. The van der Waals surface area contributed by atoms with Crippen molar-refractivity contribution in [1.82, 2.24) is 5.32 Å². The van der Waals surface area contributed by atoms with E-state index in [2.05, 4.69) is 5.32 Å². The molecule has 3 N–H and O–H groups in total. The van der Waals surface area contributed by atoms with Gasteiger partial charge in [-0.3, -0.25) is 4.79 Å². The molecule has 0 radical (unpaired) electrons. The van der Waals surface area contributed by atoms with Gasteiger partial charge in [0.1, 0.15) is 6.04 Å². The summed E-state index contributed by atoms with van der Waals surface area (Å²) >= 11 is 0.